The first-order valence-electron chi connectivity index (χ1n) is 6.50. The quantitative estimate of drug-likeness (QED) is 0.926. The van der Waals surface area contributed by atoms with E-state index >= 15 is 0 Å². The highest BCUT2D eigenvalue weighted by atomic mass is 19.4. The molecule has 0 unspecified atom stereocenters. The number of nitrogens with zero attached hydrogens (tertiary/aromatic N) is 2. The Hall–Kier alpha value is -2.18. The number of hydrogen-bond acceptors (Lipinski definition) is 3. The highest BCUT2D eigenvalue weighted by Crippen LogP contribution is 2.40. The van der Waals surface area contributed by atoms with Crippen molar-refractivity contribution in [3.8, 4) is 11.3 Å². The molecule has 1 fully saturated rings. The predicted octanol–water partition coefficient (Wildman–Crippen LogP) is 3.04. The van der Waals surface area contributed by atoms with Crippen LogP contribution in [0.25, 0.3) is 11.3 Å². The van der Waals surface area contributed by atoms with Gasteiger partial charge in [-0.2, -0.15) is 13.2 Å². The molecule has 0 radical (unpaired) electrons. The molecule has 110 valence electrons. The lowest BCUT2D eigenvalue weighted by Gasteiger charge is -2.13. The molecule has 0 bridgehead atoms. The third-order valence-electron chi connectivity index (χ3n) is 3.52. The fourth-order valence-electron chi connectivity index (χ4n) is 2.19. The molecule has 1 N–H and O–H groups in total. The summed E-state index contributed by atoms with van der Waals surface area (Å²) in [6.45, 7) is 1.46. The number of aromatic nitrogens is 3. The number of aromatic amines is 1. The average Bonchev–Trinajstić information content (AvgIpc) is 3.25. The van der Waals surface area contributed by atoms with Gasteiger partial charge in [-0.1, -0.05) is 0 Å². The van der Waals surface area contributed by atoms with Crippen LogP contribution in [0.5, 0.6) is 0 Å². The molecule has 0 amide bonds. The first-order valence-corrected chi connectivity index (χ1v) is 6.50. The number of rotatable bonds is 2. The van der Waals surface area contributed by atoms with Gasteiger partial charge in [0.2, 0.25) is 0 Å². The summed E-state index contributed by atoms with van der Waals surface area (Å²) in [6, 6.07) is 0.897. The van der Waals surface area contributed by atoms with Gasteiger partial charge in [0.25, 0.3) is 5.56 Å². The SMILES string of the molecule is Cc1c(-c2cnccc2C(F)(F)F)nc(C2CC2)[nH]c1=O. The van der Waals surface area contributed by atoms with Crippen molar-refractivity contribution in [3.63, 3.8) is 0 Å². The van der Waals surface area contributed by atoms with E-state index in [0.29, 0.717) is 5.82 Å². The van der Waals surface area contributed by atoms with E-state index in [2.05, 4.69) is 15.0 Å². The molecule has 2 aromatic rings. The number of halogens is 3. The summed E-state index contributed by atoms with van der Waals surface area (Å²) in [5.41, 5.74) is -1.17. The van der Waals surface area contributed by atoms with Crippen LogP contribution in [0.15, 0.2) is 23.3 Å². The van der Waals surface area contributed by atoms with Gasteiger partial charge in [-0.25, -0.2) is 4.98 Å². The van der Waals surface area contributed by atoms with Crippen LogP contribution in [0.4, 0.5) is 13.2 Å². The molecule has 0 aliphatic heterocycles. The summed E-state index contributed by atoms with van der Waals surface area (Å²) >= 11 is 0. The van der Waals surface area contributed by atoms with Crippen LogP contribution >= 0.6 is 0 Å². The molecule has 1 aliphatic carbocycles. The second-order valence-electron chi connectivity index (χ2n) is 5.12. The molecule has 2 heterocycles. The van der Waals surface area contributed by atoms with Gasteiger partial charge in [0.05, 0.1) is 11.3 Å². The minimum atomic E-state index is -4.52. The van der Waals surface area contributed by atoms with E-state index in [9.17, 15) is 18.0 Å². The lowest BCUT2D eigenvalue weighted by molar-refractivity contribution is -0.137. The summed E-state index contributed by atoms with van der Waals surface area (Å²) in [4.78, 5) is 22.6. The monoisotopic (exact) mass is 295 g/mol. The normalized spacial score (nSPS) is 15.2. The molecule has 4 nitrogen and oxygen atoms in total. The maximum absolute atomic E-state index is 13.1. The first-order chi connectivity index (χ1) is 9.88. The van der Waals surface area contributed by atoms with Crippen molar-refractivity contribution < 1.29 is 13.2 Å². The maximum Gasteiger partial charge on any atom is 0.417 e. The molecule has 21 heavy (non-hydrogen) atoms. The van der Waals surface area contributed by atoms with Gasteiger partial charge in [-0.3, -0.25) is 9.78 Å². The fourth-order valence-corrected chi connectivity index (χ4v) is 2.19. The van der Waals surface area contributed by atoms with Gasteiger partial charge in [-0.05, 0) is 25.8 Å². The van der Waals surface area contributed by atoms with Crippen LogP contribution in [0, 0.1) is 6.92 Å². The van der Waals surface area contributed by atoms with Crippen LogP contribution in [0.3, 0.4) is 0 Å². The molecule has 3 rings (SSSR count). The van der Waals surface area contributed by atoms with Gasteiger partial charge in [0.15, 0.2) is 0 Å². The number of alkyl halides is 3. The highest BCUT2D eigenvalue weighted by Gasteiger charge is 2.35. The molecule has 1 aliphatic rings. The van der Waals surface area contributed by atoms with Gasteiger partial charge in [-0.15, -0.1) is 0 Å². The van der Waals surface area contributed by atoms with Crippen molar-refractivity contribution in [2.45, 2.75) is 31.9 Å². The minimum absolute atomic E-state index is 0.0566. The standard InChI is InChI=1S/C14H12F3N3O/c1-7-11(19-12(8-2-3-8)20-13(7)21)9-6-18-5-4-10(9)14(15,16)17/h4-6,8H,2-3H2,1H3,(H,19,20,21). The van der Waals surface area contributed by atoms with E-state index in [4.69, 9.17) is 0 Å². The fraction of sp³-hybridized carbons (Fsp3) is 0.357. The Morgan fingerprint density at radius 2 is 2.05 bits per heavy atom. The zero-order valence-electron chi connectivity index (χ0n) is 11.2. The summed E-state index contributed by atoms with van der Waals surface area (Å²) in [6.07, 6.45) is -0.547. The molecule has 0 atom stereocenters. The van der Waals surface area contributed by atoms with Crippen LogP contribution in [-0.4, -0.2) is 15.0 Å². The molecule has 7 heteroatoms. The molecule has 0 spiro atoms. The summed E-state index contributed by atoms with van der Waals surface area (Å²) in [7, 11) is 0. The summed E-state index contributed by atoms with van der Waals surface area (Å²) in [5, 5.41) is 0. The Morgan fingerprint density at radius 1 is 1.33 bits per heavy atom. The zero-order chi connectivity index (χ0) is 15.2. The van der Waals surface area contributed by atoms with Crippen LogP contribution in [0.1, 0.15) is 35.7 Å². The zero-order valence-corrected chi connectivity index (χ0v) is 11.2. The third-order valence-corrected chi connectivity index (χ3v) is 3.52. The second-order valence-corrected chi connectivity index (χ2v) is 5.12. The van der Waals surface area contributed by atoms with E-state index in [-0.39, 0.29) is 22.7 Å². The van der Waals surface area contributed by atoms with E-state index in [1.54, 1.807) is 0 Å². The van der Waals surface area contributed by atoms with Crippen molar-refractivity contribution in [2.75, 3.05) is 0 Å². The molecule has 1 saturated carbocycles. The Bertz CT molecular complexity index is 748. The van der Waals surface area contributed by atoms with Crippen molar-refractivity contribution in [1.29, 1.82) is 0 Å². The average molecular weight is 295 g/mol. The Labute approximate surface area is 118 Å². The van der Waals surface area contributed by atoms with E-state index < -0.39 is 17.3 Å². The molecule has 2 aromatic heterocycles. The first kappa shape index (κ1) is 13.8. The van der Waals surface area contributed by atoms with Crippen molar-refractivity contribution in [2.24, 2.45) is 0 Å². The highest BCUT2D eigenvalue weighted by molar-refractivity contribution is 5.66. The summed E-state index contributed by atoms with van der Waals surface area (Å²) < 4.78 is 39.3. The smallest absolute Gasteiger partial charge is 0.310 e. The number of H-pyrrole nitrogens is 1. The van der Waals surface area contributed by atoms with Crippen LogP contribution in [-0.2, 0) is 6.18 Å². The van der Waals surface area contributed by atoms with Gasteiger partial charge < -0.3 is 4.98 Å². The molecular weight excluding hydrogens is 283 g/mol. The van der Waals surface area contributed by atoms with Crippen molar-refractivity contribution in [3.05, 3.63) is 45.8 Å². The van der Waals surface area contributed by atoms with Gasteiger partial charge >= 0.3 is 6.18 Å². The van der Waals surface area contributed by atoms with Crippen LogP contribution < -0.4 is 5.56 Å². The number of hydrogen-bond donors (Lipinski definition) is 1. The molecular formula is C14H12F3N3O. The number of nitrogens with one attached hydrogen (secondary N) is 1. The minimum Gasteiger partial charge on any atom is -0.310 e. The topological polar surface area (TPSA) is 58.6 Å². The molecule has 0 saturated heterocycles. The maximum atomic E-state index is 13.1. The van der Waals surface area contributed by atoms with Crippen molar-refractivity contribution >= 4 is 0 Å². The third kappa shape index (κ3) is 2.55. The van der Waals surface area contributed by atoms with E-state index in [0.717, 1.165) is 31.3 Å². The van der Waals surface area contributed by atoms with E-state index in [1.165, 1.54) is 6.92 Å². The van der Waals surface area contributed by atoms with Gasteiger partial charge in [0, 0.05) is 29.4 Å². The molecule has 0 aromatic carbocycles. The lowest BCUT2D eigenvalue weighted by atomic mass is 10.0. The van der Waals surface area contributed by atoms with Gasteiger partial charge in [0.1, 0.15) is 5.82 Å². The Kier molecular flexibility index (Phi) is 3.07. The van der Waals surface area contributed by atoms with E-state index in [1.807, 2.05) is 0 Å². The van der Waals surface area contributed by atoms with Crippen molar-refractivity contribution in [1.82, 2.24) is 15.0 Å². The Balaban J connectivity index is 2.23. The number of pyridine rings is 1. The Morgan fingerprint density at radius 3 is 2.67 bits per heavy atom. The predicted molar refractivity (Wildman–Crippen MR) is 69.8 cm³/mol. The van der Waals surface area contributed by atoms with Crippen LogP contribution in [0.2, 0.25) is 0 Å². The summed E-state index contributed by atoms with van der Waals surface area (Å²) in [5.74, 6) is 0.598. The second kappa shape index (κ2) is 4.68. The largest absolute Gasteiger partial charge is 0.417 e. The lowest BCUT2D eigenvalue weighted by Crippen LogP contribution is -2.17.